The van der Waals surface area contributed by atoms with E-state index < -0.39 is 13.4 Å². The molecule has 0 aromatic carbocycles. The molecule has 0 radical (unpaired) electrons. The van der Waals surface area contributed by atoms with Gasteiger partial charge in [-0.15, -0.1) is 0 Å². The van der Waals surface area contributed by atoms with E-state index in [1.807, 2.05) is 0 Å². The summed E-state index contributed by atoms with van der Waals surface area (Å²) in [4.78, 5) is 45.3. The Kier molecular flexibility index (Phi) is 26.3. The second kappa shape index (κ2) is 11.7. The molecular formula is H10O8P2S2Zn. The molecule has 0 saturated carbocycles. The van der Waals surface area contributed by atoms with Crippen LogP contribution in [0.5, 0.6) is 0 Å². The average Bonchev–Trinajstić information content (AvgIpc) is 1.12. The molecule has 82 valence electrons. The Balaban J connectivity index is -0.0000000267. The van der Waals surface area contributed by atoms with E-state index in [0.29, 0.717) is 0 Å². The van der Waals surface area contributed by atoms with Crippen molar-refractivity contribution >= 4 is 37.1 Å². The van der Waals surface area contributed by atoms with E-state index in [2.05, 4.69) is 23.6 Å². The topological polar surface area (TPSA) is 184 Å². The molecule has 8 nitrogen and oxygen atoms in total. The molecule has 0 spiro atoms. The third-order valence-corrected chi connectivity index (χ3v) is 0. The molecule has 13 heteroatoms. The van der Waals surface area contributed by atoms with Gasteiger partial charge in [-0.25, -0.2) is 0 Å². The first kappa shape index (κ1) is 29.3. The Morgan fingerprint density at radius 1 is 0.615 bits per heavy atom. The molecule has 0 amide bonds. The van der Waals surface area contributed by atoms with Gasteiger partial charge in [-0.2, -0.15) is 0 Å². The van der Waals surface area contributed by atoms with E-state index in [4.69, 9.17) is 29.4 Å². The van der Waals surface area contributed by atoms with Crippen LogP contribution >= 0.6 is 13.4 Å². The smallest absolute Gasteiger partial charge is 0.319 e. The minimum atomic E-state index is -3.81. The maximum absolute atomic E-state index is 7.56. The maximum Gasteiger partial charge on any atom is 0.319 e. The molecule has 13 heavy (non-hydrogen) atoms. The van der Waals surface area contributed by atoms with Gasteiger partial charge in [0, 0.05) is 19.5 Å². The van der Waals surface area contributed by atoms with Gasteiger partial charge < -0.3 is 40.3 Å². The summed E-state index contributed by atoms with van der Waals surface area (Å²) in [5, 5.41) is 0. The van der Waals surface area contributed by atoms with E-state index >= 15 is 0 Å². The Hall–Kier alpha value is 1.60. The van der Waals surface area contributed by atoms with Crippen LogP contribution in [0.4, 0.5) is 0 Å². The Bertz CT molecular complexity index is 132. The van der Waals surface area contributed by atoms with E-state index in [0.717, 1.165) is 0 Å². The predicted octanol–water partition coefficient (Wildman–Crippen LogP) is -3.28. The molecule has 0 aliphatic rings. The molecule has 0 aromatic rings. The van der Waals surface area contributed by atoms with Crippen molar-refractivity contribution in [3.05, 3.63) is 0 Å². The van der Waals surface area contributed by atoms with Gasteiger partial charge in [-0.1, -0.05) is 0 Å². The van der Waals surface area contributed by atoms with Crippen LogP contribution in [0.25, 0.3) is 0 Å². The van der Waals surface area contributed by atoms with Crippen LogP contribution in [0.15, 0.2) is 0 Å². The van der Waals surface area contributed by atoms with Crippen LogP contribution in [0.1, 0.15) is 0 Å². The quantitative estimate of drug-likeness (QED) is 0.197. The molecule has 10 N–H and O–H groups in total. The van der Waals surface area contributed by atoms with Gasteiger partial charge in [0.15, 0.2) is 0 Å². The molecule has 0 aromatic heterocycles. The van der Waals surface area contributed by atoms with Gasteiger partial charge in [-0.05, 0) is 23.6 Å². The summed E-state index contributed by atoms with van der Waals surface area (Å²) in [5.41, 5.74) is 0. The van der Waals surface area contributed by atoms with E-state index in [1.54, 1.807) is 0 Å². The van der Waals surface area contributed by atoms with E-state index in [9.17, 15) is 0 Å². The fraction of sp³-hybridized carbons (Fsp3) is 0. The zero-order valence-electron chi connectivity index (χ0n) is 6.10. The fourth-order valence-corrected chi connectivity index (χ4v) is 0. The third-order valence-electron chi connectivity index (χ3n) is 0. The van der Waals surface area contributed by atoms with Crippen molar-refractivity contribution in [2.24, 2.45) is 0 Å². The van der Waals surface area contributed by atoms with Gasteiger partial charge in [-0.3, -0.25) is 0 Å². The first-order valence-corrected chi connectivity index (χ1v) is 6.89. The summed E-state index contributed by atoms with van der Waals surface area (Å²) in [7, 11) is 0. The Morgan fingerprint density at radius 2 is 0.615 bits per heavy atom. The second-order valence-corrected chi connectivity index (χ2v) is 6.02. The van der Waals surface area contributed by atoms with Gasteiger partial charge in [0.05, 0.1) is 0 Å². The number of hydrogen-bond donors (Lipinski definition) is 6. The van der Waals surface area contributed by atoms with Crippen molar-refractivity contribution in [1.82, 2.24) is 0 Å². The van der Waals surface area contributed by atoms with Crippen molar-refractivity contribution in [2.75, 3.05) is 0 Å². The Labute approximate surface area is 96.8 Å². The molecule has 0 unspecified atom stereocenters. The molecule has 0 saturated heterocycles. The van der Waals surface area contributed by atoms with E-state index in [-0.39, 0.29) is 30.4 Å². The Morgan fingerprint density at radius 3 is 0.615 bits per heavy atom. The largest absolute Gasteiger partial charge is 0.412 e. The maximum atomic E-state index is 7.56. The zero-order valence-corrected chi connectivity index (χ0v) is 12.5. The van der Waals surface area contributed by atoms with Crippen molar-refractivity contribution in [1.29, 1.82) is 0 Å². The predicted molar refractivity (Wildman–Crippen MR) is 49.1 cm³/mol. The summed E-state index contributed by atoms with van der Waals surface area (Å²) in [6.45, 7) is -7.61. The van der Waals surface area contributed by atoms with Crippen LogP contribution in [-0.4, -0.2) is 40.3 Å². The standard InChI is InChI=1S/2H3O3PS.2H2O.Zn/c2*1-4(2,3)5;;;/h2*(H3,1,2,3,5);2*1H2;. The average molecular weight is 330 g/mol. The summed E-state index contributed by atoms with van der Waals surface area (Å²) in [6, 6.07) is 0. The third kappa shape index (κ3) is 712. The number of hydrogen-bond acceptors (Lipinski definition) is 2. The fourth-order valence-electron chi connectivity index (χ4n) is 0. The first-order chi connectivity index (χ1) is 4.00. The molecular weight excluding hydrogens is 319 g/mol. The summed E-state index contributed by atoms with van der Waals surface area (Å²) < 4.78 is 0. The summed E-state index contributed by atoms with van der Waals surface area (Å²) in [6.07, 6.45) is 0. The molecule has 0 aliphatic heterocycles. The van der Waals surface area contributed by atoms with Gasteiger partial charge in [0.2, 0.25) is 0 Å². The minimum Gasteiger partial charge on any atom is -0.412 e. The second-order valence-electron chi connectivity index (χ2n) is 1.03. The summed E-state index contributed by atoms with van der Waals surface area (Å²) in [5.74, 6) is 0. The molecule has 0 heterocycles. The van der Waals surface area contributed by atoms with E-state index in [1.165, 1.54) is 0 Å². The minimum absolute atomic E-state index is 0. The van der Waals surface area contributed by atoms with Crippen molar-refractivity contribution < 1.29 is 59.8 Å². The van der Waals surface area contributed by atoms with Crippen LogP contribution in [-0.2, 0) is 43.1 Å². The van der Waals surface area contributed by atoms with Crippen LogP contribution in [0.3, 0.4) is 0 Å². The normalized spacial score (nSPS) is 9.08. The number of rotatable bonds is 0. The SMILES string of the molecule is O.O.OP(O)(O)=S.OP(O)(O)=S.[Zn]. The molecule has 0 rings (SSSR count). The van der Waals surface area contributed by atoms with Crippen LogP contribution in [0.2, 0.25) is 0 Å². The van der Waals surface area contributed by atoms with Crippen LogP contribution < -0.4 is 0 Å². The van der Waals surface area contributed by atoms with Gasteiger partial charge >= 0.3 is 13.4 Å². The monoisotopic (exact) mass is 328 g/mol. The molecule has 0 aliphatic carbocycles. The van der Waals surface area contributed by atoms with Gasteiger partial charge in [0.25, 0.3) is 0 Å². The van der Waals surface area contributed by atoms with Crippen LogP contribution in [0, 0.1) is 0 Å². The molecule has 0 fully saturated rings. The summed E-state index contributed by atoms with van der Waals surface area (Å²) >= 11 is 7.21. The van der Waals surface area contributed by atoms with Gasteiger partial charge in [0.1, 0.15) is 0 Å². The van der Waals surface area contributed by atoms with Crippen molar-refractivity contribution in [2.45, 2.75) is 0 Å². The zero-order chi connectivity index (χ0) is 9.00. The molecule has 0 bridgehead atoms. The van der Waals surface area contributed by atoms with Crippen molar-refractivity contribution in [3.63, 3.8) is 0 Å². The van der Waals surface area contributed by atoms with Crippen molar-refractivity contribution in [3.8, 4) is 0 Å². The first-order valence-electron chi connectivity index (χ1n) is 1.57. The molecule has 0 atom stereocenters.